The summed E-state index contributed by atoms with van der Waals surface area (Å²) in [4.78, 5) is 11.3. The molecule has 2 rings (SSSR count). The minimum Gasteiger partial charge on any atom is -0.488 e. The van der Waals surface area contributed by atoms with Crippen LogP contribution in [0.15, 0.2) is 46.9 Å². The topological polar surface area (TPSA) is 26.3 Å². The number of ketones is 1. The molecule has 0 aromatic heterocycles. The summed E-state index contributed by atoms with van der Waals surface area (Å²) in [6.07, 6.45) is 0. The lowest BCUT2D eigenvalue weighted by Gasteiger charge is -2.10. The van der Waals surface area contributed by atoms with Crippen LogP contribution in [0, 0.1) is 6.92 Å². The molecule has 3 heteroatoms. The Hall–Kier alpha value is -1.61. The van der Waals surface area contributed by atoms with Crippen molar-refractivity contribution in [1.29, 1.82) is 0 Å². The molecule has 0 atom stereocenters. The van der Waals surface area contributed by atoms with E-state index in [2.05, 4.69) is 28.9 Å². The van der Waals surface area contributed by atoms with E-state index in [0.29, 0.717) is 12.2 Å². The highest BCUT2D eigenvalue weighted by Gasteiger charge is 2.06. The summed E-state index contributed by atoms with van der Waals surface area (Å²) < 4.78 is 6.58. The smallest absolute Gasteiger partial charge is 0.159 e. The second-order valence-electron chi connectivity index (χ2n) is 4.42. The molecule has 0 aliphatic rings. The normalized spacial score (nSPS) is 10.3. The van der Waals surface area contributed by atoms with Gasteiger partial charge in [-0.3, -0.25) is 4.79 Å². The van der Waals surface area contributed by atoms with Crippen molar-refractivity contribution in [1.82, 2.24) is 0 Å². The van der Waals surface area contributed by atoms with Crippen molar-refractivity contribution >= 4 is 21.7 Å². The highest BCUT2D eigenvalue weighted by Crippen LogP contribution is 2.27. The molecule has 0 aliphatic heterocycles. The molecule has 98 valence electrons. The van der Waals surface area contributed by atoms with E-state index in [1.807, 2.05) is 24.3 Å². The largest absolute Gasteiger partial charge is 0.488 e. The summed E-state index contributed by atoms with van der Waals surface area (Å²) >= 11 is 3.43. The van der Waals surface area contributed by atoms with Crippen LogP contribution in [0.1, 0.15) is 28.4 Å². The first-order valence-electron chi connectivity index (χ1n) is 6.05. The summed E-state index contributed by atoms with van der Waals surface area (Å²) in [6, 6.07) is 13.5. The number of benzene rings is 2. The second kappa shape index (κ2) is 6.02. The van der Waals surface area contributed by atoms with E-state index < -0.39 is 0 Å². The first kappa shape index (κ1) is 13.8. The maximum atomic E-state index is 11.3. The van der Waals surface area contributed by atoms with Crippen LogP contribution < -0.4 is 4.74 Å². The average molecular weight is 319 g/mol. The summed E-state index contributed by atoms with van der Waals surface area (Å²) in [5, 5.41) is 0. The molecule has 0 fully saturated rings. The van der Waals surface area contributed by atoms with Gasteiger partial charge in [-0.1, -0.05) is 24.3 Å². The van der Waals surface area contributed by atoms with E-state index in [4.69, 9.17) is 4.74 Å². The lowest BCUT2D eigenvalue weighted by molar-refractivity contribution is 0.101. The summed E-state index contributed by atoms with van der Waals surface area (Å²) in [6.45, 7) is 4.13. The van der Waals surface area contributed by atoms with Crippen molar-refractivity contribution in [2.24, 2.45) is 0 Å². The van der Waals surface area contributed by atoms with Crippen LogP contribution in [0.2, 0.25) is 0 Å². The Morgan fingerprint density at radius 2 is 1.95 bits per heavy atom. The predicted molar refractivity (Wildman–Crippen MR) is 79.7 cm³/mol. The minimum atomic E-state index is 0.0474. The molecule has 0 heterocycles. The lowest BCUT2D eigenvalue weighted by atomic mass is 10.1. The van der Waals surface area contributed by atoms with E-state index in [1.54, 1.807) is 19.1 Å². The van der Waals surface area contributed by atoms with E-state index in [1.165, 1.54) is 5.56 Å². The number of Topliss-reactive ketones (excluding diaryl/α,β-unsaturated/α-hetero) is 1. The number of halogens is 1. The molecular formula is C16H15BrO2. The van der Waals surface area contributed by atoms with Crippen LogP contribution in [-0.2, 0) is 6.61 Å². The Bertz CT molecular complexity index is 605. The molecule has 2 aromatic carbocycles. The molecule has 0 radical (unpaired) electrons. The SMILES string of the molecule is CC(=O)c1ccc(OCc2ccccc2C)c(Br)c1. The minimum absolute atomic E-state index is 0.0474. The molecule has 0 unspecified atom stereocenters. The molecule has 0 aliphatic carbocycles. The zero-order valence-corrected chi connectivity index (χ0v) is 12.5. The second-order valence-corrected chi connectivity index (χ2v) is 5.27. The molecule has 0 N–H and O–H groups in total. The summed E-state index contributed by atoms with van der Waals surface area (Å²) in [5.74, 6) is 0.791. The first-order chi connectivity index (χ1) is 9.08. The number of hydrogen-bond acceptors (Lipinski definition) is 2. The van der Waals surface area contributed by atoms with Crippen LogP contribution in [0.25, 0.3) is 0 Å². The molecule has 0 bridgehead atoms. The third kappa shape index (κ3) is 3.44. The van der Waals surface area contributed by atoms with Gasteiger partial charge < -0.3 is 4.74 Å². The van der Waals surface area contributed by atoms with Crippen molar-refractivity contribution < 1.29 is 9.53 Å². The number of carbonyl (C=O) groups is 1. The quantitative estimate of drug-likeness (QED) is 0.774. The zero-order chi connectivity index (χ0) is 13.8. The van der Waals surface area contributed by atoms with Crippen LogP contribution in [0.3, 0.4) is 0 Å². The number of carbonyl (C=O) groups excluding carboxylic acids is 1. The molecule has 0 saturated carbocycles. The standard InChI is InChI=1S/C16H15BrO2/c1-11-5-3-4-6-14(11)10-19-16-8-7-13(12(2)18)9-15(16)17/h3-9H,10H2,1-2H3. The van der Waals surface area contributed by atoms with Gasteiger partial charge in [0.2, 0.25) is 0 Å². The van der Waals surface area contributed by atoms with Gasteiger partial charge in [-0.25, -0.2) is 0 Å². The van der Waals surface area contributed by atoms with Crippen molar-refractivity contribution in [3.8, 4) is 5.75 Å². The Morgan fingerprint density at radius 1 is 1.21 bits per heavy atom. The van der Waals surface area contributed by atoms with Gasteiger partial charge in [0.05, 0.1) is 4.47 Å². The van der Waals surface area contributed by atoms with E-state index in [0.717, 1.165) is 15.8 Å². The van der Waals surface area contributed by atoms with Crippen LogP contribution >= 0.6 is 15.9 Å². The van der Waals surface area contributed by atoms with Gasteiger partial charge in [-0.05, 0) is 59.1 Å². The average Bonchev–Trinajstić information content (AvgIpc) is 2.39. The van der Waals surface area contributed by atoms with Gasteiger partial charge >= 0.3 is 0 Å². The van der Waals surface area contributed by atoms with Crippen molar-refractivity contribution in [2.45, 2.75) is 20.5 Å². The fourth-order valence-corrected chi connectivity index (χ4v) is 2.26. The summed E-state index contributed by atoms with van der Waals surface area (Å²) in [7, 11) is 0. The fourth-order valence-electron chi connectivity index (χ4n) is 1.76. The maximum Gasteiger partial charge on any atom is 0.159 e. The number of ether oxygens (including phenoxy) is 1. The van der Waals surface area contributed by atoms with Gasteiger partial charge in [0.1, 0.15) is 12.4 Å². The lowest BCUT2D eigenvalue weighted by Crippen LogP contribution is -1.99. The van der Waals surface area contributed by atoms with Crippen molar-refractivity contribution in [3.63, 3.8) is 0 Å². The third-order valence-electron chi connectivity index (χ3n) is 2.98. The molecular weight excluding hydrogens is 304 g/mol. The molecule has 0 spiro atoms. The van der Waals surface area contributed by atoms with Gasteiger partial charge in [-0.2, -0.15) is 0 Å². The number of hydrogen-bond donors (Lipinski definition) is 0. The van der Waals surface area contributed by atoms with E-state index in [9.17, 15) is 4.79 Å². The zero-order valence-electron chi connectivity index (χ0n) is 10.9. The number of aryl methyl sites for hydroxylation is 1. The van der Waals surface area contributed by atoms with Crippen LogP contribution in [0.5, 0.6) is 5.75 Å². The van der Waals surface area contributed by atoms with Gasteiger partial charge in [0.15, 0.2) is 5.78 Å². The van der Waals surface area contributed by atoms with Gasteiger partial charge in [0.25, 0.3) is 0 Å². The Kier molecular flexibility index (Phi) is 4.38. The van der Waals surface area contributed by atoms with Gasteiger partial charge in [0, 0.05) is 5.56 Å². The fraction of sp³-hybridized carbons (Fsp3) is 0.188. The highest BCUT2D eigenvalue weighted by atomic mass is 79.9. The van der Waals surface area contributed by atoms with E-state index >= 15 is 0 Å². The molecule has 0 saturated heterocycles. The third-order valence-corrected chi connectivity index (χ3v) is 3.60. The first-order valence-corrected chi connectivity index (χ1v) is 6.85. The van der Waals surface area contributed by atoms with E-state index in [-0.39, 0.29) is 5.78 Å². The monoisotopic (exact) mass is 318 g/mol. The predicted octanol–water partition coefficient (Wildman–Crippen LogP) is 4.54. The molecule has 2 aromatic rings. The maximum absolute atomic E-state index is 11.3. The van der Waals surface area contributed by atoms with Crippen LogP contribution in [0.4, 0.5) is 0 Å². The Labute approximate surface area is 121 Å². The van der Waals surface area contributed by atoms with Crippen molar-refractivity contribution in [2.75, 3.05) is 0 Å². The van der Waals surface area contributed by atoms with Gasteiger partial charge in [-0.15, -0.1) is 0 Å². The number of rotatable bonds is 4. The van der Waals surface area contributed by atoms with Crippen molar-refractivity contribution in [3.05, 3.63) is 63.6 Å². The highest BCUT2D eigenvalue weighted by molar-refractivity contribution is 9.10. The Morgan fingerprint density at radius 3 is 2.58 bits per heavy atom. The molecule has 2 nitrogen and oxygen atoms in total. The molecule has 0 amide bonds. The van der Waals surface area contributed by atoms with Crippen LogP contribution in [-0.4, -0.2) is 5.78 Å². The Balaban J connectivity index is 2.12. The molecule has 19 heavy (non-hydrogen) atoms. The summed E-state index contributed by atoms with van der Waals surface area (Å²) in [5.41, 5.74) is 3.04.